The first-order valence-electron chi connectivity index (χ1n) is 7.34. The Kier molecular flexibility index (Phi) is 4.41. The number of halogens is 1. The van der Waals surface area contributed by atoms with Crippen molar-refractivity contribution in [3.05, 3.63) is 71.5 Å². The number of hydrogen-bond donors (Lipinski definition) is 0. The quantitative estimate of drug-likeness (QED) is 0.783. The molecule has 2 nitrogen and oxygen atoms in total. The first kappa shape index (κ1) is 14.0. The van der Waals surface area contributed by atoms with Crippen molar-refractivity contribution in [3.63, 3.8) is 0 Å². The molecule has 0 aliphatic carbocycles. The smallest absolute Gasteiger partial charge is 0.123 e. The third kappa shape index (κ3) is 3.99. The van der Waals surface area contributed by atoms with Crippen LogP contribution in [0.5, 0.6) is 0 Å². The molecule has 0 aromatic heterocycles. The minimum Gasteiger partial charge on any atom is -0.297 e. The number of nitrogens with zero attached hydrogens (tertiary/aromatic N) is 2. The van der Waals surface area contributed by atoms with Gasteiger partial charge in [-0.15, -0.1) is 0 Å². The summed E-state index contributed by atoms with van der Waals surface area (Å²) >= 11 is 0. The predicted molar refractivity (Wildman–Crippen MR) is 84.1 cm³/mol. The zero-order chi connectivity index (χ0) is 14.5. The van der Waals surface area contributed by atoms with Crippen LogP contribution in [0.1, 0.15) is 17.5 Å². The molecule has 1 aliphatic rings. The Hall–Kier alpha value is -2.00. The maximum Gasteiger partial charge on any atom is 0.123 e. The summed E-state index contributed by atoms with van der Waals surface area (Å²) in [6, 6.07) is 17.3. The number of rotatable bonds is 4. The molecular formula is C18H19FN2. The Morgan fingerprint density at radius 2 is 1.86 bits per heavy atom. The van der Waals surface area contributed by atoms with E-state index in [4.69, 9.17) is 0 Å². The summed E-state index contributed by atoms with van der Waals surface area (Å²) in [6.45, 7) is 3.07. The fourth-order valence-electron chi connectivity index (χ4n) is 2.66. The first-order chi connectivity index (χ1) is 10.3. The van der Waals surface area contributed by atoms with Gasteiger partial charge in [-0.05, 0) is 29.7 Å². The van der Waals surface area contributed by atoms with E-state index in [1.807, 2.05) is 12.3 Å². The Labute approximate surface area is 124 Å². The molecule has 0 radical (unpaired) electrons. The van der Waals surface area contributed by atoms with Gasteiger partial charge < -0.3 is 0 Å². The second-order valence-corrected chi connectivity index (χ2v) is 5.49. The van der Waals surface area contributed by atoms with Crippen LogP contribution in [0.2, 0.25) is 0 Å². The van der Waals surface area contributed by atoms with E-state index >= 15 is 0 Å². The Morgan fingerprint density at radius 1 is 1.10 bits per heavy atom. The summed E-state index contributed by atoms with van der Waals surface area (Å²) in [5.74, 6) is -0.206. The van der Waals surface area contributed by atoms with E-state index in [0.29, 0.717) is 6.04 Å². The minimum absolute atomic E-state index is 0.206. The van der Waals surface area contributed by atoms with Crippen molar-refractivity contribution >= 4 is 6.21 Å². The maximum atomic E-state index is 12.8. The van der Waals surface area contributed by atoms with Gasteiger partial charge >= 0.3 is 0 Å². The van der Waals surface area contributed by atoms with Gasteiger partial charge in [0.25, 0.3) is 0 Å². The Morgan fingerprint density at radius 3 is 2.62 bits per heavy atom. The molecule has 21 heavy (non-hydrogen) atoms. The molecule has 1 saturated heterocycles. The molecule has 3 rings (SSSR count). The van der Waals surface area contributed by atoms with Crippen LogP contribution in [0.3, 0.4) is 0 Å². The fourth-order valence-corrected chi connectivity index (χ4v) is 2.66. The van der Waals surface area contributed by atoms with Crippen LogP contribution in [0, 0.1) is 5.82 Å². The Balaban J connectivity index is 1.53. The molecule has 1 atom stereocenters. The molecule has 0 amide bonds. The zero-order valence-corrected chi connectivity index (χ0v) is 12.0. The van der Waals surface area contributed by atoms with Gasteiger partial charge in [-0.2, -0.15) is 0 Å². The highest BCUT2D eigenvalue weighted by Gasteiger charge is 2.21. The second-order valence-electron chi connectivity index (χ2n) is 5.49. The highest BCUT2D eigenvalue weighted by Crippen LogP contribution is 2.16. The first-order valence-corrected chi connectivity index (χ1v) is 7.34. The molecule has 0 N–H and O–H groups in total. The second kappa shape index (κ2) is 6.64. The molecule has 1 aliphatic heterocycles. The van der Waals surface area contributed by atoms with Crippen LogP contribution in [-0.4, -0.2) is 30.2 Å². The van der Waals surface area contributed by atoms with Crippen LogP contribution in [-0.2, 0) is 6.54 Å². The fraction of sp³-hybridized carbons (Fsp3) is 0.278. The minimum atomic E-state index is -0.206. The average molecular weight is 282 g/mol. The van der Waals surface area contributed by atoms with E-state index in [9.17, 15) is 4.39 Å². The van der Waals surface area contributed by atoms with Gasteiger partial charge in [0.15, 0.2) is 0 Å². The van der Waals surface area contributed by atoms with Crippen molar-refractivity contribution < 1.29 is 4.39 Å². The molecule has 108 valence electrons. The van der Waals surface area contributed by atoms with Crippen molar-refractivity contribution in [1.82, 2.24) is 4.90 Å². The van der Waals surface area contributed by atoms with Gasteiger partial charge in [-0.25, -0.2) is 4.39 Å². The van der Waals surface area contributed by atoms with Crippen molar-refractivity contribution in [2.75, 3.05) is 13.1 Å². The van der Waals surface area contributed by atoms with Gasteiger partial charge in [0, 0.05) is 25.8 Å². The van der Waals surface area contributed by atoms with Crippen LogP contribution in [0.25, 0.3) is 0 Å². The maximum absolute atomic E-state index is 12.8. The molecule has 3 heteroatoms. The average Bonchev–Trinajstić information content (AvgIpc) is 2.95. The normalized spacial score (nSPS) is 19.4. The van der Waals surface area contributed by atoms with E-state index in [1.54, 1.807) is 12.1 Å². The summed E-state index contributed by atoms with van der Waals surface area (Å²) in [5.41, 5.74) is 2.30. The van der Waals surface area contributed by atoms with Crippen molar-refractivity contribution in [2.24, 2.45) is 4.99 Å². The summed E-state index contributed by atoms with van der Waals surface area (Å²) < 4.78 is 12.8. The zero-order valence-electron chi connectivity index (χ0n) is 12.0. The molecule has 0 spiro atoms. The lowest BCUT2D eigenvalue weighted by Gasteiger charge is -2.14. The van der Waals surface area contributed by atoms with E-state index < -0.39 is 0 Å². The SMILES string of the molecule is Fc1ccc(C=NC2CCN(Cc3ccccc3)C2)cc1. The molecule has 1 unspecified atom stereocenters. The number of benzene rings is 2. The molecule has 2 aromatic rings. The number of hydrogen-bond acceptors (Lipinski definition) is 2. The van der Waals surface area contributed by atoms with Crippen LogP contribution < -0.4 is 0 Å². The van der Waals surface area contributed by atoms with E-state index in [2.05, 4.69) is 34.2 Å². The van der Waals surface area contributed by atoms with Gasteiger partial charge in [-0.1, -0.05) is 42.5 Å². The van der Waals surface area contributed by atoms with Crippen molar-refractivity contribution in [2.45, 2.75) is 19.0 Å². The lowest BCUT2D eigenvalue weighted by molar-refractivity contribution is 0.327. The lowest BCUT2D eigenvalue weighted by Crippen LogP contribution is -2.21. The standard InChI is InChI=1S/C18H19FN2/c19-17-8-6-15(7-9-17)12-20-18-10-11-21(14-18)13-16-4-2-1-3-5-16/h1-9,12,18H,10-11,13-14H2. The van der Waals surface area contributed by atoms with Gasteiger partial charge in [0.05, 0.1) is 6.04 Å². The summed E-state index contributed by atoms with van der Waals surface area (Å²) in [5, 5.41) is 0. The molecule has 1 heterocycles. The van der Waals surface area contributed by atoms with Crippen molar-refractivity contribution in [1.29, 1.82) is 0 Å². The van der Waals surface area contributed by atoms with E-state index in [1.165, 1.54) is 17.7 Å². The largest absolute Gasteiger partial charge is 0.297 e. The monoisotopic (exact) mass is 282 g/mol. The number of likely N-dealkylation sites (tertiary alicyclic amines) is 1. The highest BCUT2D eigenvalue weighted by molar-refractivity contribution is 5.79. The van der Waals surface area contributed by atoms with E-state index in [-0.39, 0.29) is 5.82 Å². The molecule has 2 aromatic carbocycles. The van der Waals surface area contributed by atoms with Crippen LogP contribution in [0.15, 0.2) is 59.6 Å². The Bertz CT molecular complexity index is 592. The summed E-state index contributed by atoms with van der Waals surface area (Å²) in [7, 11) is 0. The lowest BCUT2D eigenvalue weighted by atomic mass is 10.2. The highest BCUT2D eigenvalue weighted by atomic mass is 19.1. The van der Waals surface area contributed by atoms with E-state index in [0.717, 1.165) is 31.6 Å². The molecular weight excluding hydrogens is 263 g/mol. The van der Waals surface area contributed by atoms with Crippen molar-refractivity contribution in [3.8, 4) is 0 Å². The molecule has 0 saturated carbocycles. The topological polar surface area (TPSA) is 15.6 Å². The molecule has 1 fully saturated rings. The van der Waals surface area contributed by atoms with Gasteiger partial charge in [0.1, 0.15) is 5.82 Å². The molecule has 0 bridgehead atoms. The summed E-state index contributed by atoms with van der Waals surface area (Å²) in [6.07, 6.45) is 2.95. The third-order valence-electron chi connectivity index (χ3n) is 3.80. The van der Waals surface area contributed by atoms with Gasteiger partial charge in [-0.3, -0.25) is 9.89 Å². The summed E-state index contributed by atoms with van der Waals surface area (Å²) in [4.78, 5) is 7.06. The number of aliphatic imine (C=N–C) groups is 1. The van der Waals surface area contributed by atoms with Crippen LogP contribution in [0.4, 0.5) is 4.39 Å². The predicted octanol–water partition coefficient (Wildman–Crippen LogP) is 3.52. The van der Waals surface area contributed by atoms with Gasteiger partial charge in [0.2, 0.25) is 0 Å². The van der Waals surface area contributed by atoms with Crippen LogP contribution >= 0.6 is 0 Å². The third-order valence-corrected chi connectivity index (χ3v) is 3.80.